The summed E-state index contributed by atoms with van der Waals surface area (Å²) in [6.07, 6.45) is 1.42. The van der Waals surface area contributed by atoms with E-state index in [4.69, 9.17) is 21.4 Å². The number of ether oxygens (including phenoxy) is 1. The molecule has 4 nitrogen and oxygen atoms in total. The lowest BCUT2D eigenvalue weighted by molar-refractivity contribution is -0.139. The Hall–Kier alpha value is -1.26. The van der Waals surface area contributed by atoms with Gasteiger partial charge in [0, 0.05) is 11.6 Å². The first-order valence-corrected chi connectivity index (χ1v) is 6.24. The molecular formula is C13H18ClNO3. The summed E-state index contributed by atoms with van der Waals surface area (Å²) in [6.45, 7) is 2.39. The van der Waals surface area contributed by atoms with E-state index in [0.29, 0.717) is 23.7 Å². The molecule has 0 aliphatic rings. The van der Waals surface area contributed by atoms with Gasteiger partial charge in [0.15, 0.2) is 0 Å². The van der Waals surface area contributed by atoms with Gasteiger partial charge in [-0.05, 0) is 24.1 Å². The number of rotatable bonds is 7. The first-order chi connectivity index (χ1) is 8.58. The maximum atomic E-state index is 11.0. The largest absolute Gasteiger partial charge is 0.497 e. The van der Waals surface area contributed by atoms with Crippen LogP contribution in [0.1, 0.15) is 25.3 Å². The summed E-state index contributed by atoms with van der Waals surface area (Å²) in [5.41, 5.74) is 0.861. The SMILES string of the molecule is CCCC(NCc1ccc(OC)cc1Cl)C(=O)O. The molecule has 0 aliphatic heterocycles. The number of carboxylic acids is 1. The highest BCUT2D eigenvalue weighted by atomic mass is 35.5. The second-order valence-corrected chi connectivity index (χ2v) is 4.42. The first-order valence-electron chi connectivity index (χ1n) is 5.87. The van der Waals surface area contributed by atoms with Crippen LogP contribution in [0.15, 0.2) is 18.2 Å². The lowest BCUT2D eigenvalue weighted by Crippen LogP contribution is -2.36. The fourth-order valence-electron chi connectivity index (χ4n) is 1.63. The highest BCUT2D eigenvalue weighted by Gasteiger charge is 2.15. The number of carbonyl (C=O) groups is 1. The van der Waals surface area contributed by atoms with Crippen LogP contribution in [0.25, 0.3) is 0 Å². The second kappa shape index (κ2) is 7.24. The van der Waals surface area contributed by atoms with Crippen LogP contribution in [0.3, 0.4) is 0 Å². The minimum absolute atomic E-state index is 0.430. The monoisotopic (exact) mass is 271 g/mol. The fourth-order valence-corrected chi connectivity index (χ4v) is 1.87. The van der Waals surface area contributed by atoms with E-state index in [9.17, 15) is 4.79 Å². The Balaban J connectivity index is 2.64. The van der Waals surface area contributed by atoms with Crippen molar-refractivity contribution in [3.05, 3.63) is 28.8 Å². The molecule has 5 heteroatoms. The normalized spacial score (nSPS) is 12.2. The van der Waals surface area contributed by atoms with Crippen molar-refractivity contribution in [3.63, 3.8) is 0 Å². The van der Waals surface area contributed by atoms with Crippen LogP contribution < -0.4 is 10.1 Å². The molecule has 18 heavy (non-hydrogen) atoms. The van der Waals surface area contributed by atoms with Crippen LogP contribution in [-0.4, -0.2) is 24.2 Å². The van der Waals surface area contributed by atoms with E-state index in [1.54, 1.807) is 19.2 Å². The lowest BCUT2D eigenvalue weighted by Gasteiger charge is -2.14. The van der Waals surface area contributed by atoms with E-state index in [1.165, 1.54) is 0 Å². The van der Waals surface area contributed by atoms with Gasteiger partial charge in [0.2, 0.25) is 0 Å². The van der Waals surface area contributed by atoms with Gasteiger partial charge in [-0.2, -0.15) is 0 Å². The van der Waals surface area contributed by atoms with Gasteiger partial charge in [0.25, 0.3) is 0 Å². The predicted molar refractivity (Wildman–Crippen MR) is 71.2 cm³/mol. The van der Waals surface area contributed by atoms with Crippen LogP contribution in [0, 0.1) is 0 Å². The van der Waals surface area contributed by atoms with Crippen molar-refractivity contribution in [1.29, 1.82) is 0 Å². The number of hydrogen-bond donors (Lipinski definition) is 2. The van der Waals surface area contributed by atoms with Crippen molar-refractivity contribution in [2.45, 2.75) is 32.4 Å². The topological polar surface area (TPSA) is 58.6 Å². The van der Waals surface area contributed by atoms with Gasteiger partial charge in [-0.25, -0.2) is 0 Å². The van der Waals surface area contributed by atoms with Crippen molar-refractivity contribution < 1.29 is 14.6 Å². The number of methoxy groups -OCH3 is 1. The maximum Gasteiger partial charge on any atom is 0.320 e. The molecule has 0 bridgehead atoms. The minimum atomic E-state index is -0.832. The van der Waals surface area contributed by atoms with Gasteiger partial charge < -0.3 is 15.2 Å². The van der Waals surface area contributed by atoms with Gasteiger partial charge in [-0.3, -0.25) is 4.79 Å². The molecule has 2 N–H and O–H groups in total. The van der Waals surface area contributed by atoms with Crippen molar-refractivity contribution in [1.82, 2.24) is 5.32 Å². The van der Waals surface area contributed by atoms with Crippen molar-refractivity contribution >= 4 is 17.6 Å². The summed E-state index contributed by atoms with van der Waals surface area (Å²) in [5, 5.41) is 12.6. The minimum Gasteiger partial charge on any atom is -0.497 e. The Morgan fingerprint density at radius 3 is 2.78 bits per heavy atom. The molecule has 0 spiro atoms. The molecule has 1 rings (SSSR count). The molecule has 0 amide bonds. The molecule has 0 fully saturated rings. The summed E-state index contributed by atoms with van der Waals surface area (Å²) in [5.74, 6) is -0.145. The van der Waals surface area contributed by atoms with Crippen LogP contribution in [-0.2, 0) is 11.3 Å². The molecule has 0 saturated heterocycles. The Morgan fingerprint density at radius 2 is 2.28 bits per heavy atom. The number of aliphatic carboxylic acids is 1. The Bertz CT molecular complexity index is 409. The molecule has 0 heterocycles. The zero-order valence-corrected chi connectivity index (χ0v) is 11.3. The van der Waals surface area contributed by atoms with E-state index >= 15 is 0 Å². The molecule has 0 aromatic heterocycles. The molecule has 1 atom stereocenters. The number of benzene rings is 1. The third-order valence-electron chi connectivity index (χ3n) is 2.67. The van der Waals surface area contributed by atoms with Crippen LogP contribution in [0.5, 0.6) is 5.75 Å². The third-order valence-corrected chi connectivity index (χ3v) is 3.03. The van der Waals surface area contributed by atoms with Crippen molar-refractivity contribution in [3.8, 4) is 5.75 Å². The highest BCUT2D eigenvalue weighted by Crippen LogP contribution is 2.22. The highest BCUT2D eigenvalue weighted by molar-refractivity contribution is 6.31. The van der Waals surface area contributed by atoms with Crippen LogP contribution in [0.4, 0.5) is 0 Å². The number of nitrogens with one attached hydrogen (secondary N) is 1. The van der Waals surface area contributed by atoms with Gasteiger partial charge in [-0.1, -0.05) is 31.0 Å². The van der Waals surface area contributed by atoms with Crippen LogP contribution >= 0.6 is 11.6 Å². The Morgan fingerprint density at radius 1 is 1.56 bits per heavy atom. The molecule has 1 aromatic rings. The Labute approximate surface area is 112 Å². The second-order valence-electron chi connectivity index (χ2n) is 4.02. The van der Waals surface area contributed by atoms with E-state index in [1.807, 2.05) is 13.0 Å². The summed E-state index contributed by atoms with van der Waals surface area (Å²) >= 11 is 6.08. The molecule has 1 aromatic carbocycles. The van der Waals surface area contributed by atoms with Gasteiger partial charge in [0.1, 0.15) is 11.8 Å². The fraction of sp³-hybridized carbons (Fsp3) is 0.462. The van der Waals surface area contributed by atoms with Crippen molar-refractivity contribution in [2.24, 2.45) is 0 Å². The summed E-state index contributed by atoms with van der Waals surface area (Å²) < 4.78 is 5.05. The van der Waals surface area contributed by atoms with E-state index in [0.717, 1.165) is 12.0 Å². The third kappa shape index (κ3) is 4.20. The van der Waals surface area contributed by atoms with Gasteiger partial charge in [0.05, 0.1) is 7.11 Å². The quantitative estimate of drug-likeness (QED) is 0.801. The number of carboxylic acid groups (broad SMARTS) is 1. The molecule has 0 aliphatic carbocycles. The summed E-state index contributed by atoms with van der Waals surface area (Å²) in [6, 6.07) is 4.82. The molecule has 1 unspecified atom stereocenters. The zero-order valence-electron chi connectivity index (χ0n) is 10.6. The average Bonchev–Trinajstić information content (AvgIpc) is 2.35. The van der Waals surface area contributed by atoms with Gasteiger partial charge in [-0.15, -0.1) is 0 Å². The molecule has 0 radical (unpaired) electrons. The molecule has 100 valence electrons. The standard InChI is InChI=1S/C13H18ClNO3/c1-3-4-12(13(16)17)15-8-9-5-6-10(18-2)7-11(9)14/h5-7,12,15H,3-4,8H2,1-2H3,(H,16,17). The number of hydrogen-bond acceptors (Lipinski definition) is 3. The summed E-state index contributed by atoms with van der Waals surface area (Å²) in [4.78, 5) is 11.0. The first kappa shape index (κ1) is 14.8. The van der Waals surface area contributed by atoms with Crippen molar-refractivity contribution in [2.75, 3.05) is 7.11 Å². The lowest BCUT2D eigenvalue weighted by atomic mass is 10.1. The van der Waals surface area contributed by atoms with E-state index in [-0.39, 0.29) is 0 Å². The average molecular weight is 272 g/mol. The zero-order chi connectivity index (χ0) is 13.5. The Kier molecular flexibility index (Phi) is 5.95. The predicted octanol–water partition coefficient (Wildman–Crippen LogP) is 2.69. The van der Waals surface area contributed by atoms with Gasteiger partial charge >= 0.3 is 5.97 Å². The van der Waals surface area contributed by atoms with E-state index < -0.39 is 12.0 Å². The maximum absolute atomic E-state index is 11.0. The molecular weight excluding hydrogens is 254 g/mol. The summed E-state index contributed by atoms with van der Waals surface area (Å²) in [7, 11) is 1.57. The van der Waals surface area contributed by atoms with Crippen LogP contribution in [0.2, 0.25) is 5.02 Å². The number of halogens is 1. The van der Waals surface area contributed by atoms with E-state index in [2.05, 4.69) is 5.32 Å². The molecule has 0 saturated carbocycles. The smallest absolute Gasteiger partial charge is 0.320 e.